The number of aliphatic hydroxyl groups excluding tert-OH is 1. The Balaban J connectivity index is 2.34. The fraction of sp³-hybridized carbons (Fsp3) is 0.778. The average molecular weight is 219 g/mol. The molecule has 1 rings (SSSR count). The lowest BCUT2D eigenvalue weighted by atomic mass is 9.89. The van der Waals surface area contributed by atoms with Crippen molar-refractivity contribution in [3.05, 3.63) is 10.6 Å². The van der Waals surface area contributed by atoms with E-state index in [9.17, 15) is 0 Å². The van der Waals surface area contributed by atoms with E-state index in [0.29, 0.717) is 5.92 Å². The zero-order chi connectivity index (χ0) is 8.10. The van der Waals surface area contributed by atoms with E-state index in [-0.39, 0.29) is 6.61 Å². The summed E-state index contributed by atoms with van der Waals surface area (Å²) >= 11 is 3.32. The smallest absolute Gasteiger partial charge is 0.0743 e. The Morgan fingerprint density at radius 2 is 2.00 bits per heavy atom. The van der Waals surface area contributed by atoms with Gasteiger partial charge in [0.2, 0.25) is 0 Å². The van der Waals surface area contributed by atoms with Crippen molar-refractivity contribution in [2.45, 2.75) is 32.1 Å². The summed E-state index contributed by atoms with van der Waals surface area (Å²) in [4.78, 5) is 0. The molecule has 0 saturated heterocycles. The van der Waals surface area contributed by atoms with Crippen LogP contribution in [0.3, 0.4) is 0 Å². The maximum atomic E-state index is 8.75. The van der Waals surface area contributed by atoms with Crippen molar-refractivity contribution < 1.29 is 5.11 Å². The first-order valence-electron chi connectivity index (χ1n) is 4.30. The van der Waals surface area contributed by atoms with Crippen molar-refractivity contribution in [3.63, 3.8) is 0 Å². The standard InChI is InChI=1S/C9H15BrO/c10-9(7-11)6-8-4-2-1-3-5-8/h6,8,11H,1-5,7H2/b9-6-. The quantitative estimate of drug-likeness (QED) is 0.757. The molecule has 0 spiro atoms. The molecule has 0 aliphatic heterocycles. The van der Waals surface area contributed by atoms with Gasteiger partial charge in [0.1, 0.15) is 0 Å². The largest absolute Gasteiger partial charge is 0.391 e. The van der Waals surface area contributed by atoms with Gasteiger partial charge < -0.3 is 5.11 Å². The third-order valence-electron chi connectivity index (χ3n) is 2.22. The van der Waals surface area contributed by atoms with Crippen LogP contribution in [-0.4, -0.2) is 11.7 Å². The third kappa shape index (κ3) is 3.39. The van der Waals surface area contributed by atoms with Crippen molar-refractivity contribution in [3.8, 4) is 0 Å². The minimum atomic E-state index is 0.149. The van der Waals surface area contributed by atoms with E-state index in [1.807, 2.05) is 0 Å². The van der Waals surface area contributed by atoms with Gasteiger partial charge in [0.05, 0.1) is 6.61 Å². The van der Waals surface area contributed by atoms with Crippen LogP contribution in [0.15, 0.2) is 10.6 Å². The molecule has 64 valence electrons. The normalized spacial score (nSPS) is 22.2. The lowest BCUT2D eigenvalue weighted by molar-refractivity contribution is 0.337. The molecule has 1 nitrogen and oxygen atoms in total. The molecule has 2 heteroatoms. The van der Waals surface area contributed by atoms with Gasteiger partial charge in [-0.15, -0.1) is 0 Å². The van der Waals surface area contributed by atoms with Crippen molar-refractivity contribution >= 4 is 15.9 Å². The second-order valence-corrected chi connectivity index (χ2v) is 4.19. The summed E-state index contributed by atoms with van der Waals surface area (Å²) in [5, 5.41) is 8.75. The van der Waals surface area contributed by atoms with Gasteiger partial charge in [-0.2, -0.15) is 0 Å². The van der Waals surface area contributed by atoms with Gasteiger partial charge in [0, 0.05) is 4.48 Å². The molecule has 0 bridgehead atoms. The van der Waals surface area contributed by atoms with Crippen molar-refractivity contribution in [1.29, 1.82) is 0 Å². The highest BCUT2D eigenvalue weighted by molar-refractivity contribution is 9.11. The summed E-state index contributed by atoms with van der Waals surface area (Å²) in [6.45, 7) is 0.149. The fourth-order valence-electron chi connectivity index (χ4n) is 1.61. The van der Waals surface area contributed by atoms with Crippen LogP contribution < -0.4 is 0 Å². The van der Waals surface area contributed by atoms with Gasteiger partial charge in [-0.3, -0.25) is 0 Å². The zero-order valence-electron chi connectivity index (χ0n) is 6.72. The van der Waals surface area contributed by atoms with Gasteiger partial charge in [0.25, 0.3) is 0 Å². The molecule has 1 fully saturated rings. The molecular weight excluding hydrogens is 204 g/mol. The molecule has 1 N–H and O–H groups in total. The number of halogens is 1. The minimum Gasteiger partial charge on any atom is -0.391 e. The van der Waals surface area contributed by atoms with E-state index < -0.39 is 0 Å². The molecule has 0 heterocycles. The van der Waals surface area contributed by atoms with E-state index >= 15 is 0 Å². The van der Waals surface area contributed by atoms with Crippen molar-refractivity contribution in [1.82, 2.24) is 0 Å². The molecule has 0 atom stereocenters. The summed E-state index contributed by atoms with van der Waals surface area (Å²) in [7, 11) is 0. The van der Waals surface area contributed by atoms with Gasteiger partial charge in [-0.05, 0) is 18.8 Å². The molecule has 11 heavy (non-hydrogen) atoms. The Labute approximate surface area is 76.6 Å². The van der Waals surface area contributed by atoms with E-state index in [4.69, 9.17) is 5.11 Å². The van der Waals surface area contributed by atoms with Crippen LogP contribution in [0.25, 0.3) is 0 Å². The van der Waals surface area contributed by atoms with Crippen molar-refractivity contribution in [2.24, 2.45) is 5.92 Å². The highest BCUT2D eigenvalue weighted by atomic mass is 79.9. The predicted molar refractivity (Wildman–Crippen MR) is 50.7 cm³/mol. The molecule has 0 aromatic carbocycles. The first kappa shape index (κ1) is 9.27. The van der Waals surface area contributed by atoms with E-state index in [0.717, 1.165) is 4.48 Å². The molecule has 0 aromatic heterocycles. The molecule has 0 aromatic rings. The first-order chi connectivity index (χ1) is 5.33. The number of hydrogen-bond acceptors (Lipinski definition) is 1. The summed E-state index contributed by atoms with van der Waals surface area (Å²) in [5.74, 6) is 0.713. The Hall–Kier alpha value is 0.180. The Morgan fingerprint density at radius 3 is 2.55 bits per heavy atom. The number of rotatable bonds is 2. The molecule has 0 amide bonds. The van der Waals surface area contributed by atoms with Crippen LogP contribution in [0.5, 0.6) is 0 Å². The molecule has 1 aliphatic carbocycles. The van der Waals surface area contributed by atoms with Crippen LogP contribution in [0.2, 0.25) is 0 Å². The van der Waals surface area contributed by atoms with Crippen LogP contribution in [0, 0.1) is 5.92 Å². The van der Waals surface area contributed by atoms with Gasteiger partial charge in [0.15, 0.2) is 0 Å². The van der Waals surface area contributed by atoms with Crippen LogP contribution >= 0.6 is 15.9 Å². The van der Waals surface area contributed by atoms with Crippen LogP contribution in [0.4, 0.5) is 0 Å². The average Bonchev–Trinajstić information content (AvgIpc) is 2.06. The molecule has 0 radical (unpaired) electrons. The molecule has 1 saturated carbocycles. The van der Waals surface area contributed by atoms with Crippen LogP contribution in [-0.2, 0) is 0 Å². The molecule has 1 aliphatic rings. The Bertz CT molecular complexity index is 136. The predicted octanol–water partition coefficient (Wildman–Crippen LogP) is 2.84. The number of allylic oxidation sites excluding steroid dienone is 1. The molecule has 0 unspecified atom stereocenters. The highest BCUT2D eigenvalue weighted by Crippen LogP contribution is 2.26. The SMILES string of the molecule is OC/C(Br)=C/C1CCCCC1. The van der Waals surface area contributed by atoms with Gasteiger partial charge in [-0.1, -0.05) is 41.3 Å². The zero-order valence-corrected chi connectivity index (χ0v) is 8.31. The van der Waals surface area contributed by atoms with Crippen molar-refractivity contribution in [2.75, 3.05) is 6.61 Å². The first-order valence-corrected chi connectivity index (χ1v) is 5.09. The maximum absolute atomic E-state index is 8.75. The lowest BCUT2D eigenvalue weighted by Crippen LogP contribution is -2.03. The number of aliphatic hydroxyl groups is 1. The summed E-state index contributed by atoms with van der Waals surface area (Å²) in [6.07, 6.45) is 8.87. The summed E-state index contributed by atoms with van der Waals surface area (Å²) < 4.78 is 0.949. The summed E-state index contributed by atoms with van der Waals surface area (Å²) in [6, 6.07) is 0. The van der Waals surface area contributed by atoms with Gasteiger partial charge >= 0.3 is 0 Å². The Kier molecular flexibility index (Phi) is 4.16. The lowest BCUT2D eigenvalue weighted by Gasteiger charge is -2.18. The maximum Gasteiger partial charge on any atom is 0.0743 e. The molecular formula is C9H15BrO. The van der Waals surface area contributed by atoms with E-state index in [1.165, 1.54) is 32.1 Å². The highest BCUT2D eigenvalue weighted by Gasteiger charge is 2.10. The van der Waals surface area contributed by atoms with Gasteiger partial charge in [-0.25, -0.2) is 0 Å². The monoisotopic (exact) mass is 218 g/mol. The summed E-state index contributed by atoms with van der Waals surface area (Å²) in [5.41, 5.74) is 0. The second-order valence-electron chi connectivity index (χ2n) is 3.17. The minimum absolute atomic E-state index is 0.149. The van der Waals surface area contributed by atoms with Crippen LogP contribution in [0.1, 0.15) is 32.1 Å². The Morgan fingerprint density at radius 1 is 1.36 bits per heavy atom. The topological polar surface area (TPSA) is 20.2 Å². The second kappa shape index (κ2) is 4.94. The third-order valence-corrected chi connectivity index (χ3v) is 2.73. The number of hydrogen-bond donors (Lipinski definition) is 1. The fourth-order valence-corrected chi connectivity index (χ4v) is 1.98. The van der Waals surface area contributed by atoms with E-state index in [2.05, 4.69) is 22.0 Å². The van der Waals surface area contributed by atoms with E-state index in [1.54, 1.807) is 0 Å².